The first-order chi connectivity index (χ1) is 13.5. The molecule has 1 heterocycles. The highest BCUT2D eigenvalue weighted by Crippen LogP contribution is 2.24. The van der Waals surface area contributed by atoms with Crippen molar-refractivity contribution in [2.24, 2.45) is 10.9 Å². The van der Waals surface area contributed by atoms with Gasteiger partial charge in [-0.1, -0.05) is 0 Å². The van der Waals surface area contributed by atoms with Gasteiger partial charge in [0.1, 0.15) is 0 Å². The van der Waals surface area contributed by atoms with Gasteiger partial charge in [-0.15, -0.1) is 24.0 Å². The standard InChI is InChI=1S/C20H33F2N5O.HI/c1-23-20(24-8-11-26(2)9-4-12-28-3)25-14-16-7-10-27(15-16)17-5-6-18(21)19(22)13-17;/h5-6,13,16H,4,7-12,14-15H2,1-3H3,(H2,23,24,25);1H. The molecule has 0 amide bonds. The molecule has 0 aliphatic carbocycles. The molecule has 6 nitrogen and oxygen atoms in total. The van der Waals surface area contributed by atoms with Crippen LogP contribution in [0.5, 0.6) is 0 Å². The highest BCUT2D eigenvalue weighted by molar-refractivity contribution is 14.0. The second-order valence-electron chi connectivity index (χ2n) is 7.23. The average molecular weight is 525 g/mol. The van der Waals surface area contributed by atoms with E-state index >= 15 is 0 Å². The molecule has 9 heteroatoms. The average Bonchev–Trinajstić information content (AvgIpc) is 3.16. The number of halogens is 3. The lowest BCUT2D eigenvalue weighted by molar-refractivity contribution is 0.180. The van der Waals surface area contributed by atoms with E-state index in [4.69, 9.17) is 4.74 Å². The van der Waals surface area contributed by atoms with E-state index in [1.165, 1.54) is 12.1 Å². The lowest BCUT2D eigenvalue weighted by Gasteiger charge is -2.20. The van der Waals surface area contributed by atoms with E-state index in [1.807, 2.05) is 0 Å². The third kappa shape index (κ3) is 9.00. The number of methoxy groups -OCH3 is 1. The van der Waals surface area contributed by atoms with Gasteiger partial charge in [0, 0.05) is 71.8 Å². The summed E-state index contributed by atoms with van der Waals surface area (Å²) in [4.78, 5) is 8.63. The summed E-state index contributed by atoms with van der Waals surface area (Å²) >= 11 is 0. The summed E-state index contributed by atoms with van der Waals surface area (Å²) in [6.07, 6.45) is 2.03. The highest BCUT2D eigenvalue weighted by atomic mass is 127. The second-order valence-corrected chi connectivity index (χ2v) is 7.23. The first kappa shape index (κ1) is 25.8. The topological polar surface area (TPSA) is 52.1 Å². The molecule has 0 saturated carbocycles. The van der Waals surface area contributed by atoms with E-state index in [1.54, 1.807) is 20.2 Å². The third-order valence-electron chi connectivity index (χ3n) is 5.01. The van der Waals surface area contributed by atoms with Gasteiger partial charge < -0.3 is 25.2 Å². The minimum atomic E-state index is -0.805. The molecule has 166 valence electrons. The molecule has 2 N–H and O–H groups in total. The van der Waals surface area contributed by atoms with E-state index < -0.39 is 11.6 Å². The number of rotatable bonds is 10. The summed E-state index contributed by atoms with van der Waals surface area (Å²) in [7, 11) is 5.58. The van der Waals surface area contributed by atoms with Gasteiger partial charge in [-0.3, -0.25) is 4.99 Å². The minimum absolute atomic E-state index is 0. The van der Waals surface area contributed by atoms with E-state index in [9.17, 15) is 8.78 Å². The van der Waals surface area contributed by atoms with Gasteiger partial charge in [0.05, 0.1) is 0 Å². The zero-order chi connectivity index (χ0) is 20.4. The Morgan fingerprint density at radius 1 is 1.28 bits per heavy atom. The van der Waals surface area contributed by atoms with Crippen LogP contribution in [0.2, 0.25) is 0 Å². The molecule has 1 saturated heterocycles. The molecule has 1 fully saturated rings. The maximum atomic E-state index is 13.4. The fourth-order valence-electron chi connectivity index (χ4n) is 3.33. The quantitative estimate of drug-likeness (QED) is 0.213. The molecule has 1 aliphatic rings. The monoisotopic (exact) mass is 525 g/mol. The van der Waals surface area contributed by atoms with Crippen LogP contribution in [0.4, 0.5) is 14.5 Å². The molecule has 29 heavy (non-hydrogen) atoms. The molecule has 1 atom stereocenters. The number of likely N-dealkylation sites (N-methyl/N-ethyl adjacent to an activating group) is 1. The molecule has 0 spiro atoms. The second kappa shape index (κ2) is 13.9. The Labute approximate surface area is 190 Å². The lowest BCUT2D eigenvalue weighted by Crippen LogP contribution is -2.43. The smallest absolute Gasteiger partial charge is 0.191 e. The molecular formula is C20H34F2IN5O. The summed E-state index contributed by atoms with van der Waals surface area (Å²) in [5.74, 6) is -0.379. The fourth-order valence-corrected chi connectivity index (χ4v) is 3.33. The van der Waals surface area contributed by atoms with Crippen molar-refractivity contribution >= 4 is 35.6 Å². The Bertz CT molecular complexity index is 635. The van der Waals surface area contributed by atoms with Gasteiger partial charge in [0.15, 0.2) is 17.6 Å². The van der Waals surface area contributed by atoms with Crippen molar-refractivity contribution in [3.05, 3.63) is 29.8 Å². The summed E-state index contributed by atoms with van der Waals surface area (Å²) < 4.78 is 31.6. The van der Waals surface area contributed by atoms with Gasteiger partial charge in [0.25, 0.3) is 0 Å². The van der Waals surface area contributed by atoms with Crippen molar-refractivity contribution in [3.8, 4) is 0 Å². The predicted molar refractivity (Wildman–Crippen MR) is 125 cm³/mol. The Kier molecular flexibility index (Phi) is 12.4. The van der Waals surface area contributed by atoms with Gasteiger partial charge in [-0.25, -0.2) is 8.78 Å². The first-order valence-electron chi connectivity index (χ1n) is 9.85. The largest absolute Gasteiger partial charge is 0.385 e. The Balaban J connectivity index is 0.00000420. The zero-order valence-corrected chi connectivity index (χ0v) is 19.9. The van der Waals surface area contributed by atoms with Crippen molar-refractivity contribution in [2.75, 3.05) is 72.0 Å². The first-order valence-corrected chi connectivity index (χ1v) is 9.85. The summed E-state index contributed by atoms with van der Waals surface area (Å²) in [5, 5.41) is 6.70. The molecule has 2 rings (SSSR count). The van der Waals surface area contributed by atoms with Crippen LogP contribution in [-0.2, 0) is 4.74 Å². The van der Waals surface area contributed by atoms with E-state index in [2.05, 4.69) is 32.5 Å². The molecule has 1 unspecified atom stereocenters. The number of aliphatic imine (C=N–C) groups is 1. The number of nitrogens with zero attached hydrogens (tertiary/aromatic N) is 3. The summed E-state index contributed by atoms with van der Waals surface area (Å²) in [6.45, 7) is 5.98. The van der Waals surface area contributed by atoms with E-state index in [0.717, 1.165) is 70.4 Å². The molecule has 1 aliphatic heterocycles. The number of nitrogens with one attached hydrogen (secondary N) is 2. The summed E-state index contributed by atoms with van der Waals surface area (Å²) in [5.41, 5.74) is 0.736. The number of hydrogen-bond acceptors (Lipinski definition) is 4. The molecule has 0 radical (unpaired) electrons. The van der Waals surface area contributed by atoms with Crippen molar-refractivity contribution in [2.45, 2.75) is 12.8 Å². The normalized spacial score (nSPS) is 16.8. The summed E-state index contributed by atoms with van der Waals surface area (Å²) in [6, 6.07) is 4.10. The van der Waals surface area contributed by atoms with E-state index in [-0.39, 0.29) is 24.0 Å². The van der Waals surface area contributed by atoms with Gasteiger partial charge in [-0.2, -0.15) is 0 Å². The Morgan fingerprint density at radius 3 is 2.76 bits per heavy atom. The van der Waals surface area contributed by atoms with Crippen molar-refractivity contribution in [1.29, 1.82) is 0 Å². The molecule has 0 aromatic heterocycles. The van der Waals surface area contributed by atoms with Crippen LogP contribution >= 0.6 is 24.0 Å². The molecule has 0 bridgehead atoms. The number of benzene rings is 1. The number of hydrogen-bond donors (Lipinski definition) is 2. The van der Waals surface area contributed by atoms with Gasteiger partial charge in [-0.05, 0) is 37.9 Å². The van der Waals surface area contributed by atoms with Crippen LogP contribution in [-0.4, -0.2) is 77.9 Å². The zero-order valence-electron chi connectivity index (χ0n) is 17.6. The molecular weight excluding hydrogens is 491 g/mol. The van der Waals surface area contributed by atoms with Crippen LogP contribution < -0.4 is 15.5 Å². The van der Waals surface area contributed by atoms with E-state index in [0.29, 0.717) is 5.92 Å². The Hall–Kier alpha value is -1.20. The van der Waals surface area contributed by atoms with Gasteiger partial charge >= 0.3 is 0 Å². The lowest BCUT2D eigenvalue weighted by atomic mass is 10.1. The van der Waals surface area contributed by atoms with Crippen molar-refractivity contribution in [1.82, 2.24) is 15.5 Å². The molecule has 1 aromatic carbocycles. The fraction of sp³-hybridized carbons (Fsp3) is 0.650. The number of ether oxygens (including phenoxy) is 1. The maximum absolute atomic E-state index is 13.4. The van der Waals surface area contributed by atoms with Crippen LogP contribution in [0, 0.1) is 17.6 Å². The highest BCUT2D eigenvalue weighted by Gasteiger charge is 2.23. The van der Waals surface area contributed by atoms with Gasteiger partial charge in [0.2, 0.25) is 0 Å². The van der Waals surface area contributed by atoms with Crippen LogP contribution in [0.15, 0.2) is 23.2 Å². The van der Waals surface area contributed by atoms with Crippen molar-refractivity contribution < 1.29 is 13.5 Å². The SMILES string of the molecule is CN=C(NCCN(C)CCCOC)NCC1CCN(c2ccc(F)c(F)c2)C1.I. The van der Waals surface area contributed by atoms with Crippen LogP contribution in [0.1, 0.15) is 12.8 Å². The minimum Gasteiger partial charge on any atom is -0.385 e. The van der Waals surface area contributed by atoms with Crippen LogP contribution in [0.3, 0.4) is 0 Å². The predicted octanol–water partition coefficient (Wildman–Crippen LogP) is 2.54. The van der Waals surface area contributed by atoms with Crippen molar-refractivity contribution in [3.63, 3.8) is 0 Å². The number of anilines is 1. The third-order valence-corrected chi connectivity index (χ3v) is 5.01. The molecule has 1 aromatic rings. The number of guanidine groups is 1. The maximum Gasteiger partial charge on any atom is 0.191 e. The Morgan fingerprint density at radius 2 is 2.07 bits per heavy atom. The van der Waals surface area contributed by atoms with Crippen LogP contribution in [0.25, 0.3) is 0 Å².